The molecule has 0 fully saturated rings. The second-order valence-corrected chi connectivity index (χ2v) is 8.10. The summed E-state index contributed by atoms with van der Waals surface area (Å²) in [5, 5.41) is 7.12. The molecular formula is C20H16F3N3O3S. The predicted octanol–water partition coefficient (Wildman–Crippen LogP) is 3.91. The van der Waals surface area contributed by atoms with Gasteiger partial charge in [-0.15, -0.1) is 0 Å². The van der Waals surface area contributed by atoms with Crippen molar-refractivity contribution in [3.63, 3.8) is 0 Å². The molecule has 6 nitrogen and oxygen atoms in total. The van der Waals surface area contributed by atoms with Crippen LogP contribution in [0.1, 0.15) is 27.2 Å². The van der Waals surface area contributed by atoms with Gasteiger partial charge in [0.1, 0.15) is 11.6 Å². The summed E-state index contributed by atoms with van der Waals surface area (Å²) >= 11 is 0. The highest BCUT2D eigenvalue weighted by Gasteiger charge is 2.32. The Balaban J connectivity index is 1.71. The zero-order valence-electron chi connectivity index (χ0n) is 15.7. The molecule has 2 aromatic carbocycles. The monoisotopic (exact) mass is 435 g/mol. The number of amides is 1. The minimum absolute atomic E-state index is 0.139. The SMILES string of the molecule is COc1ccc(-n2nc3c(c2NC(=O)c2cccc(C(F)(F)F)c2)CS(=O)C3)cc1. The van der Waals surface area contributed by atoms with Crippen molar-refractivity contribution < 1.29 is 26.9 Å². The maximum Gasteiger partial charge on any atom is 0.416 e. The molecule has 10 heteroatoms. The Bertz CT molecular complexity index is 1140. The van der Waals surface area contributed by atoms with E-state index < -0.39 is 28.4 Å². The van der Waals surface area contributed by atoms with Crippen molar-refractivity contribution in [2.75, 3.05) is 12.4 Å². The summed E-state index contributed by atoms with van der Waals surface area (Å²) in [7, 11) is 0.396. The van der Waals surface area contributed by atoms with Gasteiger partial charge in [-0.3, -0.25) is 9.00 Å². The van der Waals surface area contributed by atoms with Crippen molar-refractivity contribution in [3.8, 4) is 11.4 Å². The molecule has 1 amide bonds. The van der Waals surface area contributed by atoms with E-state index in [1.54, 1.807) is 24.3 Å². The molecule has 1 aliphatic rings. The first-order valence-corrected chi connectivity index (χ1v) is 10.3. The summed E-state index contributed by atoms with van der Waals surface area (Å²) in [5.74, 6) is 0.683. The Kier molecular flexibility index (Phi) is 5.10. The predicted molar refractivity (Wildman–Crippen MR) is 105 cm³/mol. The Morgan fingerprint density at radius 1 is 1.17 bits per heavy atom. The number of carbonyl (C=O) groups is 1. The van der Waals surface area contributed by atoms with Gasteiger partial charge in [-0.05, 0) is 42.5 Å². The van der Waals surface area contributed by atoms with Gasteiger partial charge in [-0.2, -0.15) is 18.3 Å². The topological polar surface area (TPSA) is 73.2 Å². The van der Waals surface area contributed by atoms with E-state index in [-0.39, 0.29) is 17.1 Å². The molecule has 0 radical (unpaired) electrons. The zero-order valence-corrected chi connectivity index (χ0v) is 16.5. The van der Waals surface area contributed by atoms with Crippen LogP contribution in [0.15, 0.2) is 48.5 Å². The molecule has 3 aromatic rings. The summed E-state index contributed by atoms with van der Waals surface area (Å²) in [6.45, 7) is 0. The standard InChI is InChI=1S/C20H16F3N3O3S/c1-29-15-7-5-14(6-8-15)26-18(16-10-30(28)11-17(16)25-26)24-19(27)12-3-2-4-13(9-12)20(21,22)23/h2-9H,10-11H2,1H3,(H,24,27). The van der Waals surface area contributed by atoms with Crippen LogP contribution >= 0.6 is 0 Å². The minimum atomic E-state index is -4.56. The van der Waals surface area contributed by atoms with Crippen LogP contribution in [0.5, 0.6) is 5.75 Å². The van der Waals surface area contributed by atoms with Gasteiger partial charge in [0, 0.05) is 21.9 Å². The highest BCUT2D eigenvalue weighted by atomic mass is 32.2. The molecule has 0 aliphatic carbocycles. The summed E-state index contributed by atoms with van der Waals surface area (Å²) in [4.78, 5) is 12.7. The van der Waals surface area contributed by atoms with Crippen molar-refractivity contribution in [1.29, 1.82) is 0 Å². The molecule has 2 heterocycles. The highest BCUT2D eigenvalue weighted by Crippen LogP contribution is 2.33. The van der Waals surface area contributed by atoms with Crippen LogP contribution in [-0.2, 0) is 28.5 Å². The Labute approximate surface area is 172 Å². The van der Waals surface area contributed by atoms with Crippen LogP contribution in [0.4, 0.5) is 19.0 Å². The summed E-state index contributed by atoms with van der Waals surface area (Å²) < 4.78 is 57.6. The molecule has 1 N–H and O–H groups in total. The van der Waals surface area contributed by atoms with Crippen LogP contribution in [0.2, 0.25) is 0 Å². The van der Waals surface area contributed by atoms with E-state index in [2.05, 4.69) is 10.4 Å². The number of fused-ring (bicyclic) bond motifs is 1. The average molecular weight is 435 g/mol. The van der Waals surface area contributed by atoms with E-state index in [1.807, 2.05) is 0 Å². The van der Waals surface area contributed by atoms with Crippen molar-refractivity contribution >= 4 is 22.5 Å². The number of methoxy groups -OCH3 is 1. The average Bonchev–Trinajstić information content (AvgIpc) is 3.24. The van der Waals surface area contributed by atoms with E-state index in [1.165, 1.54) is 23.9 Å². The number of rotatable bonds is 4. The van der Waals surface area contributed by atoms with Gasteiger partial charge in [0.05, 0.1) is 35.6 Å². The van der Waals surface area contributed by atoms with Crippen molar-refractivity contribution in [2.45, 2.75) is 17.7 Å². The Morgan fingerprint density at radius 2 is 1.90 bits per heavy atom. The van der Waals surface area contributed by atoms with Gasteiger partial charge < -0.3 is 10.1 Å². The third-order valence-corrected chi connectivity index (χ3v) is 5.88. The van der Waals surface area contributed by atoms with Gasteiger partial charge in [0.2, 0.25) is 0 Å². The number of aromatic nitrogens is 2. The van der Waals surface area contributed by atoms with Gasteiger partial charge in [0.15, 0.2) is 0 Å². The molecule has 1 aromatic heterocycles. The van der Waals surface area contributed by atoms with E-state index in [9.17, 15) is 22.2 Å². The number of ether oxygens (including phenoxy) is 1. The van der Waals surface area contributed by atoms with Gasteiger partial charge in [0.25, 0.3) is 5.91 Å². The number of carbonyl (C=O) groups excluding carboxylic acids is 1. The lowest BCUT2D eigenvalue weighted by Crippen LogP contribution is -2.17. The summed E-state index contributed by atoms with van der Waals surface area (Å²) in [6.07, 6.45) is -4.56. The molecule has 1 atom stereocenters. The summed E-state index contributed by atoms with van der Waals surface area (Å²) in [5.41, 5.74) is 0.772. The number of halogens is 3. The molecule has 30 heavy (non-hydrogen) atoms. The van der Waals surface area contributed by atoms with Crippen LogP contribution in [0, 0.1) is 0 Å². The van der Waals surface area contributed by atoms with Gasteiger partial charge in [-0.1, -0.05) is 6.07 Å². The minimum Gasteiger partial charge on any atom is -0.497 e. The fourth-order valence-electron chi connectivity index (χ4n) is 3.18. The number of anilines is 1. The lowest BCUT2D eigenvalue weighted by molar-refractivity contribution is -0.137. The lowest BCUT2D eigenvalue weighted by atomic mass is 10.1. The molecule has 0 saturated carbocycles. The first kappa shape index (κ1) is 20.1. The largest absolute Gasteiger partial charge is 0.497 e. The van der Waals surface area contributed by atoms with E-state index in [0.29, 0.717) is 28.5 Å². The van der Waals surface area contributed by atoms with Crippen LogP contribution in [-0.4, -0.2) is 27.0 Å². The van der Waals surface area contributed by atoms with E-state index >= 15 is 0 Å². The third-order valence-electron chi connectivity index (χ3n) is 4.67. The maximum atomic E-state index is 13.0. The Hall–Kier alpha value is -3.14. The highest BCUT2D eigenvalue weighted by molar-refractivity contribution is 7.83. The number of hydrogen-bond acceptors (Lipinski definition) is 4. The van der Waals surface area contributed by atoms with Crippen molar-refractivity contribution in [3.05, 3.63) is 70.9 Å². The first-order chi connectivity index (χ1) is 14.3. The van der Waals surface area contributed by atoms with Gasteiger partial charge >= 0.3 is 6.18 Å². The maximum absolute atomic E-state index is 13.0. The van der Waals surface area contributed by atoms with Crippen LogP contribution in [0.25, 0.3) is 5.69 Å². The molecule has 156 valence electrons. The van der Waals surface area contributed by atoms with E-state index in [0.717, 1.165) is 12.1 Å². The molecule has 1 aliphatic heterocycles. The molecule has 1 unspecified atom stereocenters. The number of benzene rings is 2. The number of alkyl halides is 3. The molecule has 0 bridgehead atoms. The molecule has 0 spiro atoms. The number of hydrogen-bond donors (Lipinski definition) is 1. The van der Waals surface area contributed by atoms with Gasteiger partial charge in [-0.25, -0.2) is 4.68 Å². The van der Waals surface area contributed by atoms with E-state index in [4.69, 9.17) is 4.74 Å². The second-order valence-electron chi connectivity index (χ2n) is 6.64. The zero-order chi connectivity index (χ0) is 21.5. The number of nitrogens with one attached hydrogen (secondary N) is 1. The van der Waals surface area contributed by atoms with Crippen LogP contribution < -0.4 is 10.1 Å². The van der Waals surface area contributed by atoms with Crippen molar-refractivity contribution in [2.24, 2.45) is 0 Å². The Morgan fingerprint density at radius 3 is 2.57 bits per heavy atom. The second kappa shape index (κ2) is 7.60. The number of nitrogens with zero attached hydrogens (tertiary/aromatic N) is 2. The van der Waals surface area contributed by atoms with Crippen LogP contribution in [0.3, 0.4) is 0 Å². The fraction of sp³-hybridized carbons (Fsp3) is 0.200. The first-order valence-electron chi connectivity index (χ1n) is 8.85. The molecule has 0 saturated heterocycles. The van der Waals surface area contributed by atoms with Crippen molar-refractivity contribution in [1.82, 2.24) is 9.78 Å². The quantitative estimate of drug-likeness (QED) is 0.674. The lowest BCUT2D eigenvalue weighted by Gasteiger charge is -2.12. The molecular weight excluding hydrogens is 419 g/mol. The molecule has 4 rings (SSSR count). The summed E-state index contributed by atoms with van der Waals surface area (Å²) in [6, 6.07) is 11.1. The normalized spacial score (nSPS) is 15.7. The fourth-order valence-corrected chi connectivity index (χ4v) is 4.45. The third kappa shape index (κ3) is 3.82. The smallest absolute Gasteiger partial charge is 0.416 e.